The second-order valence-corrected chi connectivity index (χ2v) is 3.59. The second kappa shape index (κ2) is 4.48. The van der Waals surface area contributed by atoms with Crippen molar-refractivity contribution in [3.63, 3.8) is 0 Å². The van der Waals surface area contributed by atoms with Crippen molar-refractivity contribution < 1.29 is 9.53 Å². The van der Waals surface area contributed by atoms with Gasteiger partial charge in [0, 0.05) is 12.6 Å². The van der Waals surface area contributed by atoms with Crippen molar-refractivity contribution in [2.45, 2.75) is 27.2 Å². The summed E-state index contributed by atoms with van der Waals surface area (Å²) >= 11 is 0. The van der Waals surface area contributed by atoms with E-state index in [0.717, 1.165) is 6.42 Å². The van der Waals surface area contributed by atoms with Gasteiger partial charge >= 0.3 is 5.97 Å². The van der Waals surface area contributed by atoms with Gasteiger partial charge in [-0.05, 0) is 13.8 Å². The Hall–Kier alpha value is -1.98. The number of esters is 1. The molecule has 0 N–H and O–H groups in total. The third-order valence-corrected chi connectivity index (χ3v) is 2.38. The lowest BCUT2D eigenvalue weighted by Gasteiger charge is -2.04. The molecule has 2 rings (SSSR count). The van der Waals surface area contributed by atoms with E-state index in [1.165, 1.54) is 4.52 Å². The van der Waals surface area contributed by atoms with Gasteiger partial charge < -0.3 is 4.74 Å². The van der Waals surface area contributed by atoms with E-state index in [4.69, 9.17) is 4.74 Å². The van der Waals surface area contributed by atoms with Crippen molar-refractivity contribution in [2.24, 2.45) is 0 Å². The monoisotopic (exact) mass is 234 g/mol. The van der Waals surface area contributed by atoms with E-state index in [9.17, 15) is 4.79 Å². The number of rotatable bonds is 3. The molecule has 0 saturated carbocycles. The van der Waals surface area contributed by atoms with Gasteiger partial charge in [-0.25, -0.2) is 14.3 Å². The lowest BCUT2D eigenvalue weighted by atomic mass is 10.2. The third kappa shape index (κ3) is 2.11. The Morgan fingerprint density at radius 2 is 2.18 bits per heavy atom. The fourth-order valence-electron chi connectivity index (χ4n) is 1.51. The molecule has 0 spiro atoms. The van der Waals surface area contributed by atoms with Crippen molar-refractivity contribution in [2.75, 3.05) is 6.61 Å². The Labute approximate surface area is 98.6 Å². The number of hydrogen-bond donors (Lipinski definition) is 0. The van der Waals surface area contributed by atoms with E-state index in [-0.39, 0.29) is 5.97 Å². The molecule has 0 amide bonds. The SMILES string of the molecule is CCOC(=O)c1cn2nc(CC)nc2nc1C. The number of ether oxygens (including phenoxy) is 1. The highest BCUT2D eigenvalue weighted by Gasteiger charge is 2.14. The van der Waals surface area contributed by atoms with Crippen LogP contribution < -0.4 is 0 Å². The van der Waals surface area contributed by atoms with E-state index >= 15 is 0 Å². The summed E-state index contributed by atoms with van der Waals surface area (Å²) < 4.78 is 6.46. The number of fused-ring (bicyclic) bond motifs is 1. The number of aryl methyl sites for hydroxylation is 2. The summed E-state index contributed by atoms with van der Waals surface area (Å²) in [7, 11) is 0. The molecule has 0 saturated heterocycles. The predicted molar refractivity (Wildman–Crippen MR) is 60.9 cm³/mol. The average molecular weight is 234 g/mol. The molecule has 17 heavy (non-hydrogen) atoms. The quantitative estimate of drug-likeness (QED) is 0.746. The minimum absolute atomic E-state index is 0.341. The molecular formula is C11H14N4O2. The maximum Gasteiger partial charge on any atom is 0.341 e. The van der Waals surface area contributed by atoms with Crippen LogP contribution in [0.3, 0.4) is 0 Å². The van der Waals surface area contributed by atoms with E-state index in [1.807, 2.05) is 6.92 Å². The van der Waals surface area contributed by atoms with Gasteiger partial charge in [-0.15, -0.1) is 5.10 Å². The number of carbonyl (C=O) groups is 1. The van der Waals surface area contributed by atoms with Gasteiger partial charge in [-0.2, -0.15) is 4.98 Å². The Balaban J connectivity index is 2.50. The normalized spacial score (nSPS) is 10.8. The molecule has 0 aliphatic rings. The summed E-state index contributed by atoms with van der Waals surface area (Å²) in [5.41, 5.74) is 1.03. The Bertz CT molecular complexity index is 562. The maximum absolute atomic E-state index is 11.7. The topological polar surface area (TPSA) is 69.4 Å². The van der Waals surface area contributed by atoms with Gasteiger partial charge in [0.1, 0.15) is 0 Å². The van der Waals surface area contributed by atoms with Gasteiger partial charge in [-0.3, -0.25) is 0 Å². The molecule has 6 heteroatoms. The predicted octanol–water partition coefficient (Wildman–Crippen LogP) is 1.17. The van der Waals surface area contributed by atoms with Crippen molar-refractivity contribution in [3.05, 3.63) is 23.3 Å². The van der Waals surface area contributed by atoms with Crippen molar-refractivity contribution in [1.82, 2.24) is 19.6 Å². The van der Waals surface area contributed by atoms with E-state index in [1.54, 1.807) is 20.0 Å². The molecule has 0 fully saturated rings. The maximum atomic E-state index is 11.7. The zero-order valence-electron chi connectivity index (χ0n) is 10.1. The first-order chi connectivity index (χ1) is 8.15. The van der Waals surface area contributed by atoms with Crippen molar-refractivity contribution in [1.29, 1.82) is 0 Å². The molecule has 0 radical (unpaired) electrons. The van der Waals surface area contributed by atoms with Crippen LogP contribution in [-0.2, 0) is 11.2 Å². The first kappa shape index (κ1) is 11.5. The van der Waals surface area contributed by atoms with Crippen LogP contribution in [0.25, 0.3) is 5.78 Å². The van der Waals surface area contributed by atoms with Crippen LogP contribution in [0.4, 0.5) is 0 Å². The summed E-state index contributed by atoms with van der Waals surface area (Å²) in [6.07, 6.45) is 2.35. The summed E-state index contributed by atoms with van der Waals surface area (Å²) in [4.78, 5) is 20.1. The standard InChI is InChI=1S/C11H14N4O2/c1-4-9-13-11-12-7(3)8(6-15(11)14-9)10(16)17-5-2/h6H,4-5H2,1-3H3. The molecule has 6 nitrogen and oxygen atoms in total. The zero-order valence-corrected chi connectivity index (χ0v) is 10.1. The average Bonchev–Trinajstić information content (AvgIpc) is 2.70. The summed E-state index contributed by atoms with van der Waals surface area (Å²) in [5.74, 6) is 0.832. The summed E-state index contributed by atoms with van der Waals surface area (Å²) in [6, 6.07) is 0. The van der Waals surface area contributed by atoms with Gasteiger partial charge in [0.25, 0.3) is 5.78 Å². The Morgan fingerprint density at radius 3 is 2.82 bits per heavy atom. The first-order valence-corrected chi connectivity index (χ1v) is 5.55. The molecule has 0 bridgehead atoms. The minimum atomic E-state index is -0.382. The van der Waals surface area contributed by atoms with Crippen LogP contribution >= 0.6 is 0 Å². The van der Waals surface area contributed by atoms with Gasteiger partial charge in [-0.1, -0.05) is 6.92 Å². The number of nitrogens with zero attached hydrogens (tertiary/aromatic N) is 4. The van der Waals surface area contributed by atoms with Gasteiger partial charge in [0.2, 0.25) is 0 Å². The van der Waals surface area contributed by atoms with Crippen LogP contribution in [0.5, 0.6) is 0 Å². The summed E-state index contributed by atoms with van der Waals surface area (Å²) in [5, 5.41) is 4.21. The molecule has 2 aromatic rings. The lowest BCUT2D eigenvalue weighted by molar-refractivity contribution is 0.0524. The molecular weight excluding hydrogens is 220 g/mol. The highest BCUT2D eigenvalue weighted by Crippen LogP contribution is 2.09. The fraction of sp³-hybridized carbons (Fsp3) is 0.455. The minimum Gasteiger partial charge on any atom is -0.462 e. The third-order valence-electron chi connectivity index (χ3n) is 2.38. The molecule has 0 atom stereocenters. The highest BCUT2D eigenvalue weighted by atomic mass is 16.5. The van der Waals surface area contributed by atoms with Crippen molar-refractivity contribution in [3.8, 4) is 0 Å². The molecule has 0 aliphatic heterocycles. The fourth-order valence-corrected chi connectivity index (χ4v) is 1.51. The lowest BCUT2D eigenvalue weighted by Crippen LogP contribution is -2.10. The number of aromatic nitrogens is 4. The van der Waals surface area contributed by atoms with Gasteiger partial charge in [0.15, 0.2) is 5.82 Å². The Kier molecular flexibility index (Phi) is 3.03. The van der Waals surface area contributed by atoms with Crippen LogP contribution in [0.1, 0.15) is 35.7 Å². The molecule has 0 unspecified atom stereocenters. The molecule has 90 valence electrons. The van der Waals surface area contributed by atoms with Crippen LogP contribution in [0.15, 0.2) is 6.20 Å². The number of carbonyl (C=O) groups excluding carboxylic acids is 1. The molecule has 0 aromatic carbocycles. The number of hydrogen-bond acceptors (Lipinski definition) is 5. The zero-order chi connectivity index (χ0) is 12.4. The second-order valence-electron chi connectivity index (χ2n) is 3.59. The van der Waals surface area contributed by atoms with E-state index < -0.39 is 0 Å². The van der Waals surface area contributed by atoms with Crippen molar-refractivity contribution >= 4 is 11.7 Å². The largest absolute Gasteiger partial charge is 0.462 e. The van der Waals surface area contributed by atoms with E-state index in [0.29, 0.717) is 29.5 Å². The smallest absolute Gasteiger partial charge is 0.341 e. The molecule has 2 heterocycles. The van der Waals surface area contributed by atoms with Gasteiger partial charge in [0.05, 0.1) is 17.9 Å². The van der Waals surface area contributed by atoms with Crippen LogP contribution in [0.2, 0.25) is 0 Å². The highest BCUT2D eigenvalue weighted by molar-refractivity contribution is 5.90. The first-order valence-electron chi connectivity index (χ1n) is 5.55. The van der Waals surface area contributed by atoms with Crippen LogP contribution in [-0.4, -0.2) is 32.2 Å². The van der Waals surface area contributed by atoms with Crippen LogP contribution in [0, 0.1) is 6.92 Å². The van der Waals surface area contributed by atoms with E-state index in [2.05, 4.69) is 15.1 Å². The molecule has 2 aromatic heterocycles. The Morgan fingerprint density at radius 1 is 1.41 bits per heavy atom. The molecule has 0 aliphatic carbocycles. The summed E-state index contributed by atoms with van der Waals surface area (Å²) in [6.45, 7) is 5.83.